The fraction of sp³-hybridized carbons (Fsp3) is 0.111. The van der Waals surface area contributed by atoms with E-state index in [1.807, 2.05) is 0 Å². The van der Waals surface area contributed by atoms with Crippen molar-refractivity contribution >= 4 is 11.8 Å². The van der Waals surface area contributed by atoms with Gasteiger partial charge in [-0.1, -0.05) is 0 Å². The number of pyridine rings is 1. The quantitative estimate of drug-likeness (QED) is 0.558. The minimum atomic E-state index is -4.53. The van der Waals surface area contributed by atoms with Crippen LogP contribution in [0, 0.1) is 5.95 Å². The molecule has 3 nitrogen and oxygen atoms in total. The average Bonchev–Trinajstić information content (AvgIpc) is 2.50. The number of nitrogens with zero attached hydrogens (tertiary/aromatic N) is 2. The molecule has 0 fully saturated rings. The van der Waals surface area contributed by atoms with Crippen LogP contribution in [0.5, 0.6) is 0 Å². The second-order valence-electron chi connectivity index (χ2n) is 3.07. The topological polar surface area (TPSA) is 34.4 Å². The molecule has 7 heteroatoms. The fourth-order valence-electron chi connectivity index (χ4n) is 1.32. The molecule has 0 N–H and O–H groups in total. The summed E-state index contributed by atoms with van der Waals surface area (Å²) in [6.45, 7) is 0. The molecule has 0 aromatic carbocycles. The molecule has 0 bridgehead atoms. The second-order valence-corrected chi connectivity index (χ2v) is 3.07. The third-order valence-electron chi connectivity index (χ3n) is 2.07. The molecule has 2 rings (SSSR count). The zero-order chi connectivity index (χ0) is 11.9. The van der Waals surface area contributed by atoms with E-state index in [-0.39, 0.29) is 17.4 Å². The number of aldehydes is 1. The van der Waals surface area contributed by atoms with Gasteiger partial charge < -0.3 is 0 Å². The third kappa shape index (κ3) is 1.54. The number of hydrogen-bond donors (Lipinski definition) is 0. The van der Waals surface area contributed by atoms with Gasteiger partial charge in [0, 0.05) is 6.20 Å². The maximum absolute atomic E-state index is 13.0. The molecule has 0 saturated heterocycles. The standard InChI is InChI=1S/C9H4F4N2O/c10-8-6(4-16)7-2-1-5(9(11,12)13)3-15(7)14-8/h1-4H. The van der Waals surface area contributed by atoms with Gasteiger partial charge in [-0.2, -0.15) is 17.6 Å². The van der Waals surface area contributed by atoms with E-state index in [0.717, 1.165) is 12.1 Å². The predicted molar refractivity (Wildman–Crippen MR) is 45.5 cm³/mol. The van der Waals surface area contributed by atoms with Gasteiger partial charge >= 0.3 is 6.18 Å². The summed E-state index contributed by atoms with van der Waals surface area (Å²) >= 11 is 0. The molecule has 2 heterocycles. The van der Waals surface area contributed by atoms with E-state index in [2.05, 4.69) is 5.10 Å². The van der Waals surface area contributed by atoms with Gasteiger partial charge in [0.2, 0.25) is 5.95 Å². The van der Waals surface area contributed by atoms with E-state index in [1.165, 1.54) is 0 Å². The Labute approximate surface area is 86.3 Å². The van der Waals surface area contributed by atoms with E-state index in [1.54, 1.807) is 0 Å². The number of alkyl halides is 3. The lowest BCUT2D eigenvalue weighted by molar-refractivity contribution is -0.137. The van der Waals surface area contributed by atoms with Crippen molar-refractivity contribution in [2.75, 3.05) is 0 Å². The molecule has 0 aliphatic carbocycles. The van der Waals surface area contributed by atoms with Crippen LogP contribution >= 0.6 is 0 Å². The highest BCUT2D eigenvalue weighted by Crippen LogP contribution is 2.29. The lowest BCUT2D eigenvalue weighted by Crippen LogP contribution is -2.06. The number of carbonyl (C=O) groups is 1. The van der Waals surface area contributed by atoms with Gasteiger partial charge in [0.1, 0.15) is 0 Å². The van der Waals surface area contributed by atoms with Gasteiger partial charge in [0.05, 0.1) is 16.6 Å². The lowest BCUT2D eigenvalue weighted by atomic mass is 10.2. The van der Waals surface area contributed by atoms with Crippen LogP contribution < -0.4 is 0 Å². The number of hydrogen-bond acceptors (Lipinski definition) is 2. The van der Waals surface area contributed by atoms with Gasteiger partial charge in [-0.05, 0) is 12.1 Å². The van der Waals surface area contributed by atoms with Crippen molar-refractivity contribution in [2.24, 2.45) is 0 Å². The van der Waals surface area contributed by atoms with E-state index in [9.17, 15) is 22.4 Å². The Bertz CT molecular complexity index is 558. The molecule has 16 heavy (non-hydrogen) atoms. The Kier molecular flexibility index (Phi) is 2.18. The normalized spacial score (nSPS) is 12.0. The molecular formula is C9H4F4N2O. The molecular weight excluding hydrogens is 228 g/mol. The summed E-state index contributed by atoms with van der Waals surface area (Å²) in [6, 6.07) is 1.77. The number of fused-ring (bicyclic) bond motifs is 1. The van der Waals surface area contributed by atoms with Crippen LogP contribution in [0.25, 0.3) is 5.52 Å². The minimum Gasteiger partial charge on any atom is -0.298 e. The van der Waals surface area contributed by atoms with Crippen LogP contribution in [0.15, 0.2) is 18.3 Å². The molecule has 2 aromatic rings. The molecule has 0 aliphatic heterocycles. The van der Waals surface area contributed by atoms with Crippen LogP contribution in [0.3, 0.4) is 0 Å². The zero-order valence-corrected chi connectivity index (χ0v) is 7.62. The van der Waals surface area contributed by atoms with Crippen LogP contribution in [-0.4, -0.2) is 15.9 Å². The first-order valence-corrected chi connectivity index (χ1v) is 4.14. The van der Waals surface area contributed by atoms with Crippen LogP contribution in [-0.2, 0) is 6.18 Å². The number of carbonyl (C=O) groups excluding carboxylic acids is 1. The van der Waals surface area contributed by atoms with E-state index < -0.39 is 17.7 Å². The summed E-state index contributed by atoms with van der Waals surface area (Å²) in [6.07, 6.45) is -3.69. The van der Waals surface area contributed by atoms with Crippen LogP contribution in [0.1, 0.15) is 15.9 Å². The summed E-state index contributed by atoms with van der Waals surface area (Å²) < 4.78 is 50.6. The molecule has 84 valence electrons. The van der Waals surface area contributed by atoms with Crippen molar-refractivity contribution < 1.29 is 22.4 Å². The van der Waals surface area contributed by atoms with Crippen molar-refractivity contribution in [3.63, 3.8) is 0 Å². The predicted octanol–water partition coefficient (Wildman–Crippen LogP) is 2.30. The van der Waals surface area contributed by atoms with Crippen molar-refractivity contribution in [2.45, 2.75) is 6.18 Å². The van der Waals surface area contributed by atoms with Gasteiger partial charge in [-0.15, -0.1) is 5.10 Å². The first-order chi connectivity index (χ1) is 7.43. The highest BCUT2D eigenvalue weighted by molar-refractivity contribution is 5.85. The molecule has 2 aromatic heterocycles. The van der Waals surface area contributed by atoms with Gasteiger partial charge in [-0.25, -0.2) is 4.52 Å². The first-order valence-electron chi connectivity index (χ1n) is 4.14. The molecule has 0 spiro atoms. The Balaban J connectivity index is 2.69. The van der Waals surface area contributed by atoms with Crippen molar-refractivity contribution in [3.05, 3.63) is 35.4 Å². The third-order valence-corrected chi connectivity index (χ3v) is 2.07. The summed E-state index contributed by atoms with van der Waals surface area (Å²) in [5.74, 6) is -1.09. The zero-order valence-electron chi connectivity index (χ0n) is 7.62. The largest absolute Gasteiger partial charge is 0.417 e. The van der Waals surface area contributed by atoms with Crippen molar-refractivity contribution in [3.8, 4) is 0 Å². The average molecular weight is 232 g/mol. The van der Waals surface area contributed by atoms with Crippen molar-refractivity contribution in [1.82, 2.24) is 9.61 Å². The molecule has 0 unspecified atom stereocenters. The monoisotopic (exact) mass is 232 g/mol. The second kappa shape index (κ2) is 3.29. The van der Waals surface area contributed by atoms with E-state index >= 15 is 0 Å². The van der Waals surface area contributed by atoms with Gasteiger partial charge in [0.15, 0.2) is 6.29 Å². The smallest absolute Gasteiger partial charge is 0.298 e. The maximum atomic E-state index is 13.0. The van der Waals surface area contributed by atoms with Gasteiger partial charge in [0.25, 0.3) is 0 Å². The van der Waals surface area contributed by atoms with E-state index in [0.29, 0.717) is 10.7 Å². The van der Waals surface area contributed by atoms with Crippen LogP contribution in [0.4, 0.5) is 17.6 Å². The highest BCUT2D eigenvalue weighted by atomic mass is 19.4. The Hall–Kier alpha value is -1.92. The Morgan fingerprint density at radius 2 is 2.00 bits per heavy atom. The summed E-state index contributed by atoms with van der Waals surface area (Å²) in [5, 5.41) is 3.18. The van der Waals surface area contributed by atoms with Gasteiger partial charge in [-0.3, -0.25) is 4.79 Å². The van der Waals surface area contributed by atoms with Crippen LogP contribution in [0.2, 0.25) is 0 Å². The van der Waals surface area contributed by atoms with E-state index in [4.69, 9.17) is 0 Å². The molecule has 0 aliphatic rings. The number of rotatable bonds is 1. The molecule has 0 amide bonds. The number of halogens is 4. The minimum absolute atomic E-state index is 0.000463. The van der Waals surface area contributed by atoms with Crippen molar-refractivity contribution in [1.29, 1.82) is 0 Å². The maximum Gasteiger partial charge on any atom is 0.417 e. The number of aromatic nitrogens is 2. The summed E-state index contributed by atoms with van der Waals surface area (Å²) in [4.78, 5) is 10.5. The SMILES string of the molecule is O=Cc1c(F)nn2cc(C(F)(F)F)ccc12. The molecule has 0 radical (unpaired) electrons. The summed E-state index contributed by atoms with van der Waals surface area (Å²) in [7, 11) is 0. The summed E-state index contributed by atoms with van der Waals surface area (Å²) in [5.41, 5.74) is -1.31. The first kappa shape index (κ1) is 10.6. The molecule has 0 atom stereocenters. The highest BCUT2D eigenvalue weighted by Gasteiger charge is 2.31. The Morgan fingerprint density at radius 3 is 2.56 bits per heavy atom. The fourth-order valence-corrected chi connectivity index (χ4v) is 1.32. The Morgan fingerprint density at radius 1 is 1.31 bits per heavy atom. The lowest BCUT2D eigenvalue weighted by Gasteiger charge is -2.05. The molecule has 0 saturated carbocycles.